The van der Waals surface area contributed by atoms with E-state index in [4.69, 9.17) is 5.84 Å². The van der Waals surface area contributed by atoms with E-state index in [1.54, 1.807) is 13.0 Å². The fourth-order valence-corrected chi connectivity index (χ4v) is 1.26. The summed E-state index contributed by atoms with van der Waals surface area (Å²) in [6, 6.07) is 5.60. The first kappa shape index (κ1) is 10.7. The third kappa shape index (κ3) is 2.12. The maximum absolute atomic E-state index is 11.6. The zero-order chi connectivity index (χ0) is 10.7. The number of rotatable bonds is 2. The molecule has 1 aromatic rings. The molecule has 0 saturated carbocycles. The minimum absolute atomic E-state index is 0.0422. The lowest BCUT2D eigenvalue weighted by Crippen LogP contribution is -2.16. The van der Waals surface area contributed by atoms with Gasteiger partial charge in [-0.1, -0.05) is 26.0 Å². The van der Waals surface area contributed by atoms with Crippen LogP contribution >= 0.6 is 0 Å². The minimum atomic E-state index is -0.0422. The van der Waals surface area contributed by atoms with Crippen molar-refractivity contribution in [3.63, 3.8) is 0 Å². The number of hydrogen-bond donors (Lipinski definition) is 2. The number of nitrogens with two attached hydrogens (primary N) is 1. The number of hydrazine groups is 1. The SMILES string of the molecule is Cc1ccc(C(C)C)cc(NN)c1=O. The van der Waals surface area contributed by atoms with Crippen LogP contribution < -0.4 is 16.7 Å². The third-order valence-corrected chi connectivity index (χ3v) is 2.26. The van der Waals surface area contributed by atoms with E-state index in [2.05, 4.69) is 19.3 Å². The van der Waals surface area contributed by atoms with Gasteiger partial charge in [-0.05, 0) is 30.0 Å². The summed E-state index contributed by atoms with van der Waals surface area (Å²) in [5.41, 5.74) is 4.65. The van der Waals surface area contributed by atoms with Crippen molar-refractivity contribution < 1.29 is 0 Å². The van der Waals surface area contributed by atoms with Gasteiger partial charge in [-0.2, -0.15) is 0 Å². The van der Waals surface area contributed by atoms with Gasteiger partial charge >= 0.3 is 0 Å². The molecule has 0 aliphatic rings. The molecule has 1 rings (SSSR count). The van der Waals surface area contributed by atoms with Crippen molar-refractivity contribution in [2.75, 3.05) is 5.43 Å². The lowest BCUT2D eigenvalue weighted by molar-refractivity contribution is 0.868. The van der Waals surface area contributed by atoms with Crippen molar-refractivity contribution in [3.8, 4) is 0 Å². The second-order valence-electron chi connectivity index (χ2n) is 3.70. The summed E-state index contributed by atoms with van der Waals surface area (Å²) < 4.78 is 0. The molecule has 0 bridgehead atoms. The summed E-state index contributed by atoms with van der Waals surface area (Å²) >= 11 is 0. The summed E-state index contributed by atoms with van der Waals surface area (Å²) in [5.74, 6) is 5.68. The number of hydrogen-bond acceptors (Lipinski definition) is 3. The highest BCUT2D eigenvalue weighted by Crippen LogP contribution is 2.15. The van der Waals surface area contributed by atoms with Crippen molar-refractivity contribution in [2.45, 2.75) is 26.7 Å². The summed E-state index contributed by atoms with van der Waals surface area (Å²) in [6.07, 6.45) is 0. The van der Waals surface area contributed by atoms with Crippen LogP contribution in [0.4, 0.5) is 5.69 Å². The van der Waals surface area contributed by atoms with Crippen LogP contribution in [0.15, 0.2) is 23.0 Å². The molecule has 0 fully saturated rings. The predicted molar refractivity (Wildman–Crippen MR) is 59.3 cm³/mol. The summed E-state index contributed by atoms with van der Waals surface area (Å²) in [4.78, 5) is 11.6. The summed E-state index contributed by atoms with van der Waals surface area (Å²) in [5, 5.41) is 0. The van der Waals surface area contributed by atoms with Crippen LogP contribution in [-0.2, 0) is 0 Å². The molecule has 0 amide bonds. The van der Waals surface area contributed by atoms with Crippen LogP contribution in [0.25, 0.3) is 0 Å². The second-order valence-corrected chi connectivity index (χ2v) is 3.70. The van der Waals surface area contributed by atoms with Crippen molar-refractivity contribution in [1.82, 2.24) is 0 Å². The minimum Gasteiger partial charge on any atom is -0.321 e. The van der Waals surface area contributed by atoms with Gasteiger partial charge in [0.15, 0.2) is 0 Å². The van der Waals surface area contributed by atoms with Crippen molar-refractivity contribution >= 4 is 5.69 Å². The van der Waals surface area contributed by atoms with Crippen LogP contribution in [0.1, 0.15) is 30.9 Å². The average Bonchev–Trinajstić information content (AvgIpc) is 2.28. The fraction of sp³-hybridized carbons (Fsp3) is 0.364. The Labute approximate surface area is 83.9 Å². The molecule has 1 aromatic carbocycles. The molecule has 0 unspecified atom stereocenters. The molecule has 14 heavy (non-hydrogen) atoms. The standard InChI is InChI=1S/C11H16N2O/c1-7(2)9-5-4-8(3)11(14)10(6-9)13-12/h4-7H,12H2,1-3H3,(H,13,14). The molecule has 3 N–H and O–H groups in total. The van der Waals surface area contributed by atoms with Crippen LogP contribution in [0.5, 0.6) is 0 Å². The van der Waals surface area contributed by atoms with E-state index in [1.807, 2.05) is 12.1 Å². The van der Waals surface area contributed by atoms with E-state index >= 15 is 0 Å². The quantitative estimate of drug-likeness (QED) is 0.554. The zero-order valence-corrected chi connectivity index (χ0v) is 8.79. The van der Waals surface area contributed by atoms with E-state index in [9.17, 15) is 4.79 Å². The lowest BCUT2D eigenvalue weighted by atomic mass is 10.1. The van der Waals surface area contributed by atoms with E-state index in [-0.39, 0.29) is 5.43 Å². The molecular weight excluding hydrogens is 176 g/mol. The average molecular weight is 192 g/mol. The fourth-order valence-electron chi connectivity index (χ4n) is 1.26. The molecule has 3 nitrogen and oxygen atoms in total. The molecule has 0 heterocycles. The second kappa shape index (κ2) is 4.24. The monoisotopic (exact) mass is 192 g/mol. The van der Waals surface area contributed by atoms with Gasteiger partial charge in [0.2, 0.25) is 5.43 Å². The normalized spacial score (nSPS) is 10.4. The molecule has 0 aliphatic heterocycles. The molecule has 0 aromatic heterocycles. The Kier molecular flexibility index (Phi) is 3.25. The highest BCUT2D eigenvalue weighted by Gasteiger charge is 2.03. The summed E-state index contributed by atoms with van der Waals surface area (Å²) in [6.45, 7) is 5.94. The maximum atomic E-state index is 11.6. The first-order valence-electron chi connectivity index (χ1n) is 4.67. The predicted octanol–water partition coefficient (Wildman–Crippen LogP) is 1.76. The van der Waals surface area contributed by atoms with Gasteiger partial charge in [0.25, 0.3) is 0 Å². The molecule has 0 spiro atoms. The number of nitrogens with one attached hydrogen (secondary N) is 1. The highest BCUT2D eigenvalue weighted by molar-refractivity contribution is 5.46. The van der Waals surface area contributed by atoms with Gasteiger partial charge < -0.3 is 5.43 Å². The number of aryl methyl sites for hydroxylation is 1. The van der Waals surface area contributed by atoms with E-state index in [0.717, 1.165) is 5.56 Å². The maximum Gasteiger partial charge on any atom is 0.205 e. The Morgan fingerprint density at radius 1 is 1.36 bits per heavy atom. The molecule has 0 aliphatic carbocycles. The third-order valence-electron chi connectivity index (χ3n) is 2.26. The zero-order valence-electron chi connectivity index (χ0n) is 8.79. The Bertz CT molecular complexity index is 386. The van der Waals surface area contributed by atoms with E-state index < -0.39 is 0 Å². The molecule has 0 atom stereocenters. The van der Waals surface area contributed by atoms with Crippen molar-refractivity contribution in [1.29, 1.82) is 0 Å². The van der Waals surface area contributed by atoms with Gasteiger partial charge in [0.1, 0.15) is 0 Å². The Balaban J connectivity index is 3.44. The molecule has 3 heteroatoms. The lowest BCUT2D eigenvalue weighted by Gasteiger charge is -2.02. The first-order valence-corrected chi connectivity index (χ1v) is 4.67. The smallest absolute Gasteiger partial charge is 0.205 e. The molecular formula is C11H16N2O. The molecule has 0 saturated heterocycles. The van der Waals surface area contributed by atoms with E-state index in [0.29, 0.717) is 17.2 Å². The number of anilines is 1. The van der Waals surface area contributed by atoms with Crippen LogP contribution in [-0.4, -0.2) is 0 Å². The van der Waals surface area contributed by atoms with Gasteiger partial charge in [0.05, 0.1) is 5.69 Å². The van der Waals surface area contributed by atoms with Crippen LogP contribution in [0.3, 0.4) is 0 Å². The van der Waals surface area contributed by atoms with Gasteiger partial charge in [0, 0.05) is 0 Å². The summed E-state index contributed by atoms with van der Waals surface area (Å²) in [7, 11) is 0. The topological polar surface area (TPSA) is 55.1 Å². The van der Waals surface area contributed by atoms with Gasteiger partial charge in [-0.15, -0.1) is 0 Å². The van der Waals surface area contributed by atoms with Crippen LogP contribution in [0, 0.1) is 6.92 Å². The Morgan fingerprint density at radius 2 is 2.00 bits per heavy atom. The molecule has 0 radical (unpaired) electrons. The largest absolute Gasteiger partial charge is 0.321 e. The van der Waals surface area contributed by atoms with E-state index in [1.165, 1.54) is 0 Å². The van der Waals surface area contributed by atoms with Crippen molar-refractivity contribution in [3.05, 3.63) is 39.5 Å². The Hall–Kier alpha value is -1.35. The highest BCUT2D eigenvalue weighted by atomic mass is 16.1. The van der Waals surface area contributed by atoms with Crippen molar-refractivity contribution in [2.24, 2.45) is 5.84 Å². The van der Waals surface area contributed by atoms with Crippen LogP contribution in [0.2, 0.25) is 0 Å². The number of nitrogen functional groups attached to an aromatic ring is 1. The Morgan fingerprint density at radius 3 is 2.50 bits per heavy atom. The van der Waals surface area contributed by atoms with Gasteiger partial charge in [-0.3, -0.25) is 10.6 Å². The first-order chi connectivity index (χ1) is 6.56. The van der Waals surface area contributed by atoms with Gasteiger partial charge in [-0.25, -0.2) is 0 Å². The molecule has 76 valence electrons.